The Balaban J connectivity index is 2.39. The van der Waals surface area contributed by atoms with Crippen LogP contribution in [-0.4, -0.2) is 25.8 Å². The van der Waals surface area contributed by atoms with Gasteiger partial charge >= 0.3 is 5.97 Å². The van der Waals surface area contributed by atoms with Crippen LogP contribution >= 0.6 is 11.5 Å². The maximum absolute atomic E-state index is 10.4. The molecule has 0 unspecified atom stereocenters. The van der Waals surface area contributed by atoms with Gasteiger partial charge in [0, 0.05) is 11.4 Å². The number of carboxylic acids is 1. The summed E-state index contributed by atoms with van der Waals surface area (Å²) in [5.74, 6) is -1.36. The number of carbonyl (C=O) groups is 1. The van der Waals surface area contributed by atoms with Crippen LogP contribution in [0.3, 0.4) is 0 Å². The van der Waals surface area contributed by atoms with Crippen molar-refractivity contribution < 1.29 is 14.4 Å². The summed E-state index contributed by atoms with van der Waals surface area (Å²) < 4.78 is 8.15. The molecule has 1 N–H and O–H groups in total. The molecule has 0 saturated carbocycles. The lowest BCUT2D eigenvalue weighted by Gasteiger charge is -1.79. The predicted molar refractivity (Wildman–Crippen MR) is 42.4 cm³/mol. The molecule has 2 aromatic rings. The molecule has 13 heavy (non-hydrogen) atoms. The number of rotatable bonds is 2. The van der Waals surface area contributed by atoms with Gasteiger partial charge in [0.05, 0.1) is 0 Å². The van der Waals surface area contributed by atoms with Crippen molar-refractivity contribution in [2.45, 2.75) is 0 Å². The minimum atomic E-state index is -1.15. The summed E-state index contributed by atoms with van der Waals surface area (Å²) in [6.45, 7) is 0. The Bertz CT molecular complexity index is 422. The molecular weight excluding hydrogens is 194 g/mol. The zero-order chi connectivity index (χ0) is 9.26. The van der Waals surface area contributed by atoms with E-state index in [0.29, 0.717) is 11.4 Å². The van der Waals surface area contributed by atoms with Crippen LogP contribution < -0.4 is 0 Å². The summed E-state index contributed by atoms with van der Waals surface area (Å²) in [6.07, 6.45) is 0. The molecule has 2 heterocycles. The Morgan fingerprint density at radius 1 is 1.54 bits per heavy atom. The van der Waals surface area contributed by atoms with E-state index >= 15 is 0 Å². The van der Waals surface area contributed by atoms with E-state index in [1.807, 2.05) is 0 Å². The van der Waals surface area contributed by atoms with Crippen molar-refractivity contribution in [1.29, 1.82) is 0 Å². The molecule has 2 aromatic heterocycles. The highest BCUT2D eigenvalue weighted by molar-refractivity contribution is 7.03. The third-order valence-corrected chi connectivity index (χ3v) is 1.85. The minimum absolute atomic E-state index is 0.206. The number of hydrogen-bond donors (Lipinski definition) is 1. The first-order valence-corrected chi connectivity index (χ1v) is 4.08. The van der Waals surface area contributed by atoms with Gasteiger partial charge in [-0.25, -0.2) is 4.79 Å². The summed E-state index contributed by atoms with van der Waals surface area (Å²) in [7, 11) is 0. The lowest BCUT2D eigenvalue weighted by Crippen LogP contribution is -1.91. The van der Waals surface area contributed by atoms with E-state index in [2.05, 4.69) is 19.3 Å². The molecule has 7 heteroatoms. The number of carboxylic acid groups (broad SMARTS) is 1. The molecule has 0 atom stereocenters. The second-order valence-corrected chi connectivity index (χ2v) is 2.78. The summed E-state index contributed by atoms with van der Waals surface area (Å²) in [5, 5.41) is 17.4. The average Bonchev–Trinajstić information content (AvgIpc) is 2.75. The first kappa shape index (κ1) is 7.87. The van der Waals surface area contributed by atoms with Crippen molar-refractivity contribution in [3.63, 3.8) is 0 Å². The van der Waals surface area contributed by atoms with Gasteiger partial charge in [0.1, 0.15) is 11.4 Å². The molecule has 0 amide bonds. The molecule has 66 valence electrons. The quantitative estimate of drug-likeness (QED) is 0.768. The molecule has 0 radical (unpaired) electrons. The van der Waals surface area contributed by atoms with Crippen LogP contribution in [0.15, 0.2) is 16.0 Å². The smallest absolute Gasteiger partial charge is 0.374 e. The summed E-state index contributed by atoms with van der Waals surface area (Å²) in [6, 6.07) is 1.30. The zero-order valence-electron chi connectivity index (χ0n) is 6.17. The number of aromatic nitrogens is 3. The van der Waals surface area contributed by atoms with Crippen LogP contribution in [0.5, 0.6) is 0 Å². The highest BCUT2D eigenvalue weighted by Crippen LogP contribution is 2.16. The maximum atomic E-state index is 10.4. The van der Waals surface area contributed by atoms with Crippen molar-refractivity contribution in [3.05, 3.63) is 17.2 Å². The van der Waals surface area contributed by atoms with Crippen LogP contribution in [0, 0.1) is 0 Å². The van der Waals surface area contributed by atoms with Gasteiger partial charge in [0.25, 0.3) is 0 Å². The van der Waals surface area contributed by atoms with Gasteiger partial charge in [-0.15, -0.1) is 5.10 Å². The molecule has 0 saturated heterocycles. The summed E-state index contributed by atoms with van der Waals surface area (Å²) >= 11 is 1.16. The van der Waals surface area contributed by atoms with Crippen LogP contribution in [-0.2, 0) is 0 Å². The second kappa shape index (κ2) is 2.94. The normalized spacial score (nSPS) is 10.2. The molecule has 6 nitrogen and oxygen atoms in total. The first-order chi connectivity index (χ1) is 6.27. The van der Waals surface area contributed by atoms with Crippen molar-refractivity contribution in [2.24, 2.45) is 0 Å². The second-order valence-electron chi connectivity index (χ2n) is 2.17. The van der Waals surface area contributed by atoms with E-state index in [0.717, 1.165) is 11.5 Å². The van der Waals surface area contributed by atoms with Crippen molar-refractivity contribution in [1.82, 2.24) is 14.7 Å². The highest BCUT2D eigenvalue weighted by atomic mass is 32.1. The lowest BCUT2D eigenvalue weighted by atomic mass is 10.3. The fourth-order valence-electron chi connectivity index (χ4n) is 0.773. The summed E-state index contributed by atoms with van der Waals surface area (Å²) in [5.41, 5.74) is 0.896. The molecule has 0 spiro atoms. The van der Waals surface area contributed by atoms with Crippen LogP contribution in [0.1, 0.15) is 10.6 Å². The summed E-state index contributed by atoms with van der Waals surface area (Å²) in [4.78, 5) is 10.4. The van der Waals surface area contributed by atoms with E-state index in [9.17, 15) is 4.79 Å². The molecule has 0 bridgehead atoms. The van der Waals surface area contributed by atoms with E-state index in [-0.39, 0.29) is 5.76 Å². The van der Waals surface area contributed by atoms with Gasteiger partial charge in [-0.3, -0.25) is 0 Å². The van der Waals surface area contributed by atoms with Gasteiger partial charge in [-0.2, -0.15) is 0 Å². The Hall–Kier alpha value is -1.76. The van der Waals surface area contributed by atoms with Crippen LogP contribution in [0.25, 0.3) is 11.4 Å². The lowest BCUT2D eigenvalue weighted by molar-refractivity contribution is 0.0652. The van der Waals surface area contributed by atoms with E-state index in [4.69, 9.17) is 5.11 Å². The zero-order valence-corrected chi connectivity index (χ0v) is 6.98. The Labute approximate surface area is 76.0 Å². The first-order valence-electron chi connectivity index (χ1n) is 3.25. The number of nitrogens with zero attached hydrogens (tertiary/aromatic N) is 3. The predicted octanol–water partition coefficient (Wildman–Crippen LogP) is 0.891. The van der Waals surface area contributed by atoms with E-state index in [1.54, 1.807) is 5.38 Å². The Kier molecular flexibility index (Phi) is 1.78. The fourth-order valence-corrected chi connectivity index (χ4v) is 1.22. The molecule has 0 aliphatic rings. The Morgan fingerprint density at radius 2 is 2.38 bits per heavy atom. The molecule has 2 rings (SSSR count). The third-order valence-electron chi connectivity index (χ3n) is 1.34. The van der Waals surface area contributed by atoms with Crippen molar-refractivity contribution >= 4 is 17.5 Å². The van der Waals surface area contributed by atoms with Gasteiger partial charge in [0.15, 0.2) is 0 Å². The number of aromatic carboxylic acids is 1. The monoisotopic (exact) mass is 197 g/mol. The average molecular weight is 197 g/mol. The number of hydrogen-bond acceptors (Lipinski definition) is 6. The van der Waals surface area contributed by atoms with Gasteiger partial charge < -0.3 is 9.63 Å². The van der Waals surface area contributed by atoms with Gasteiger partial charge in [0.2, 0.25) is 5.76 Å². The maximum Gasteiger partial charge on any atom is 0.374 e. The SMILES string of the molecule is O=C(O)c1cc(-c2csnn2)no1. The van der Waals surface area contributed by atoms with Gasteiger partial charge in [-0.05, 0) is 11.5 Å². The molecule has 0 aromatic carbocycles. The standard InChI is InChI=1S/C6H3N3O3S/c10-6(11)5-1-3(8-12-5)4-2-13-9-7-4/h1-2H,(H,10,11). The van der Waals surface area contributed by atoms with Gasteiger partial charge in [-0.1, -0.05) is 9.64 Å². The minimum Gasteiger partial charge on any atom is -0.475 e. The van der Waals surface area contributed by atoms with E-state index < -0.39 is 5.97 Å². The van der Waals surface area contributed by atoms with Crippen molar-refractivity contribution in [3.8, 4) is 11.4 Å². The highest BCUT2D eigenvalue weighted by Gasteiger charge is 2.13. The van der Waals surface area contributed by atoms with Crippen LogP contribution in [0.4, 0.5) is 0 Å². The fraction of sp³-hybridized carbons (Fsp3) is 0. The topological polar surface area (TPSA) is 89.1 Å². The van der Waals surface area contributed by atoms with Crippen molar-refractivity contribution in [2.75, 3.05) is 0 Å². The molecular formula is C6H3N3O3S. The van der Waals surface area contributed by atoms with Crippen LogP contribution in [0.2, 0.25) is 0 Å². The third kappa shape index (κ3) is 1.41. The molecule has 0 aliphatic carbocycles. The largest absolute Gasteiger partial charge is 0.475 e. The van der Waals surface area contributed by atoms with E-state index in [1.165, 1.54) is 6.07 Å². The Morgan fingerprint density at radius 3 is 2.92 bits per heavy atom. The molecule has 0 aliphatic heterocycles. The molecule has 0 fully saturated rings.